The average molecular weight is 355 g/mol. The molecule has 6 heteroatoms. The molecule has 138 valence electrons. The molecule has 0 spiro atoms. The van der Waals surface area contributed by atoms with E-state index in [0.717, 1.165) is 12.8 Å². The summed E-state index contributed by atoms with van der Waals surface area (Å²) in [5.74, 6) is 1.31. The first-order valence-electron chi connectivity index (χ1n) is 9.02. The van der Waals surface area contributed by atoms with Crippen molar-refractivity contribution in [2.24, 2.45) is 5.92 Å². The van der Waals surface area contributed by atoms with Crippen LogP contribution in [0.4, 0.5) is 5.82 Å². The van der Waals surface area contributed by atoms with Gasteiger partial charge in [-0.3, -0.25) is 9.59 Å². The number of nitrogens with zero attached hydrogens (tertiary/aromatic N) is 1. The highest BCUT2D eigenvalue weighted by Gasteiger charge is 2.34. The molecule has 3 rings (SSSR count). The maximum Gasteiger partial charge on any atom is 0.247 e. The van der Waals surface area contributed by atoms with E-state index in [4.69, 9.17) is 4.52 Å². The minimum absolute atomic E-state index is 0.110. The van der Waals surface area contributed by atoms with Gasteiger partial charge in [0.1, 0.15) is 11.8 Å². The van der Waals surface area contributed by atoms with E-state index in [1.165, 1.54) is 11.1 Å². The topological polar surface area (TPSA) is 84.2 Å². The van der Waals surface area contributed by atoms with Crippen LogP contribution in [-0.4, -0.2) is 23.0 Å². The van der Waals surface area contributed by atoms with Crippen molar-refractivity contribution >= 4 is 17.6 Å². The average Bonchev–Trinajstić information content (AvgIpc) is 3.36. The first-order chi connectivity index (χ1) is 12.4. The molecule has 1 aromatic carbocycles. The molecule has 1 aliphatic carbocycles. The molecule has 1 fully saturated rings. The third kappa shape index (κ3) is 4.71. The molecule has 6 nitrogen and oxygen atoms in total. The highest BCUT2D eigenvalue weighted by molar-refractivity contribution is 5.96. The van der Waals surface area contributed by atoms with Gasteiger partial charge in [-0.1, -0.05) is 35.0 Å². The minimum Gasteiger partial charge on any atom is -0.360 e. The van der Waals surface area contributed by atoms with Gasteiger partial charge in [0.05, 0.1) is 0 Å². The van der Waals surface area contributed by atoms with Crippen LogP contribution in [0, 0.1) is 19.8 Å². The lowest BCUT2D eigenvalue weighted by atomic mass is 9.90. The number of aryl methyl sites for hydroxylation is 2. The summed E-state index contributed by atoms with van der Waals surface area (Å²) in [6, 6.07) is 9.37. The molecule has 2 N–H and O–H groups in total. The van der Waals surface area contributed by atoms with E-state index in [9.17, 15) is 9.59 Å². The van der Waals surface area contributed by atoms with Crippen LogP contribution in [0.25, 0.3) is 0 Å². The third-order valence-corrected chi connectivity index (χ3v) is 4.75. The summed E-state index contributed by atoms with van der Waals surface area (Å²) in [7, 11) is 0. The van der Waals surface area contributed by atoms with Gasteiger partial charge in [0.25, 0.3) is 0 Å². The molecule has 1 aromatic heterocycles. The molecule has 2 aromatic rings. The Morgan fingerprint density at radius 3 is 2.50 bits per heavy atom. The zero-order valence-corrected chi connectivity index (χ0v) is 15.4. The van der Waals surface area contributed by atoms with Crippen LogP contribution < -0.4 is 10.6 Å². The van der Waals surface area contributed by atoms with Crippen LogP contribution >= 0.6 is 0 Å². The van der Waals surface area contributed by atoms with Gasteiger partial charge in [-0.15, -0.1) is 0 Å². The van der Waals surface area contributed by atoms with Crippen LogP contribution in [0.2, 0.25) is 0 Å². The van der Waals surface area contributed by atoms with Crippen molar-refractivity contribution in [3.8, 4) is 0 Å². The number of rotatable bonds is 7. The first-order valence-corrected chi connectivity index (χ1v) is 9.02. The summed E-state index contributed by atoms with van der Waals surface area (Å²) in [4.78, 5) is 24.7. The van der Waals surface area contributed by atoms with Gasteiger partial charge >= 0.3 is 0 Å². The van der Waals surface area contributed by atoms with Crippen molar-refractivity contribution in [2.45, 2.75) is 52.0 Å². The van der Waals surface area contributed by atoms with Crippen molar-refractivity contribution < 1.29 is 14.1 Å². The van der Waals surface area contributed by atoms with Gasteiger partial charge in [-0.25, -0.2) is 0 Å². The Morgan fingerprint density at radius 1 is 1.23 bits per heavy atom. The second-order valence-corrected chi connectivity index (χ2v) is 7.16. The fourth-order valence-corrected chi connectivity index (χ4v) is 3.09. The molecular formula is C20H25N3O3. The maximum absolute atomic E-state index is 12.5. The number of hydrogen-bond donors (Lipinski definition) is 2. The lowest BCUT2D eigenvalue weighted by Gasteiger charge is -2.19. The molecular weight excluding hydrogens is 330 g/mol. The van der Waals surface area contributed by atoms with E-state index < -0.39 is 6.04 Å². The number of amides is 2. The summed E-state index contributed by atoms with van der Waals surface area (Å²) in [5, 5.41) is 9.15. The van der Waals surface area contributed by atoms with Gasteiger partial charge in [-0.05, 0) is 51.0 Å². The second-order valence-electron chi connectivity index (χ2n) is 7.16. The predicted molar refractivity (Wildman–Crippen MR) is 98.7 cm³/mol. The van der Waals surface area contributed by atoms with E-state index in [2.05, 4.69) is 47.0 Å². The lowest BCUT2D eigenvalue weighted by molar-refractivity contribution is -0.126. The van der Waals surface area contributed by atoms with E-state index in [-0.39, 0.29) is 17.7 Å². The fourth-order valence-electron chi connectivity index (χ4n) is 3.09. The van der Waals surface area contributed by atoms with Crippen molar-refractivity contribution in [2.75, 3.05) is 5.32 Å². The highest BCUT2D eigenvalue weighted by Crippen LogP contribution is 2.44. The minimum atomic E-state index is -0.641. The van der Waals surface area contributed by atoms with Gasteiger partial charge < -0.3 is 15.2 Å². The number of hydrogen-bond acceptors (Lipinski definition) is 4. The number of carbonyl (C=O) groups is 2. The van der Waals surface area contributed by atoms with Gasteiger partial charge in [-0.2, -0.15) is 0 Å². The fraction of sp³-hybridized carbons (Fsp3) is 0.450. The van der Waals surface area contributed by atoms with Crippen molar-refractivity contribution in [1.82, 2.24) is 10.5 Å². The number of aromatic nitrogens is 1. The third-order valence-electron chi connectivity index (χ3n) is 4.75. The van der Waals surface area contributed by atoms with Crippen molar-refractivity contribution in [3.05, 3.63) is 47.2 Å². The molecule has 0 saturated heterocycles. The van der Waals surface area contributed by atoms with E-state index in [1.54, 1.807) is 19.9 Å². The van der Waals surface area contributed by atoms with Crippen LogP contribution in [0.15, 0.2) is 34.9 Å². The van der Waals surface area contributed by atoms with Crippen LogP contribution in [0.3, 0.4) is 0 Å². The number of carbonyl (C=O) groups excluding carboxylic acids is 2. The summed E-state index contributed by atoms with van der Waals surface area (Å²) < 4.78 is 4.92. The SMILES string of the molecule is Cc1ccc(C(CC(=O)N[C@H](C)C(=O)Nc2cc(C)on2)C2CC2)cc1. The Morgan fingerprint density at radius 2 is 1.92 bits per heavy atom. The molecule has 0 radical (unpaired) electrons. The lowest BCUT2D eigenvalue weighted by Crippen LogP contribution is -2.42. The monoisotopic (exact) mass is 355 g/mol. The molecule has 1 aliphatic rings. The molecule has 1 saturated carbocycles. The number of benzene rings is 1. The highest BCUT2D eigenvalue weighted by atomic mass is 16.5. The number of nitrogens with one attached hydrogen (secondary N) is 2. The van der Waals surface area contributed by atoms with Crippen molar-refractivity contribution in [3.63, 3.8) is 0 Å². The normalized spacial score (nSPS) is 16.0. The standard InChI is InChI=1S/C20H25N3O3/c1-12-4-6-15(7-5-12)17(16-8-9-16)11-19(24)21-14(3)20(25)22-18-10-13(2)26-23-18/h4-7,10,14,16-17H,8-9,11H2,1-3H3,(H,21,24)(H,22,23,25)/t14-,17?/m1/s1. The Kier molecular flexibility index (Phi) is 5.40. The van der Waals surface area contributed by atoms with Gasteiger partial charge in [0.15, 0.2) is 5.82 Å². The van der Waals surface area contributed by atoms with E-state index in [1.807, 2.05) is 0 Å². The molecule has 2 atom stereocenters. The Balaban J connectivity index is 1.56. The van der Waals surface area contributed by atoms with Crippen LogP contribution in [0.1, 0.15) is 49.0 Å². The summed E-state index contributed by atoms with van der Waals surface area (Å²) >= 11 is 0. The summed E-state index contributed by atoms with van der Waals surface area (Å²) in [5.41, 5.74) is 2.41. The first kappa shape index (κ1) is 18.2. The molecule has 1 heterocycles. The smallest absolute Gasteiger partial charge is 0.247 e. The van der Waals surface area contributed by atoms with E-state index >= 15 is 0 Å². The summed E-state index contributed by atoms with van der Waals surface area (Å²) in [6.45, 7) is 5.47. The maximum atomic E-state index is 12.5. The Labute approximate surface area is 153 Å². The Hall–Kier alpha value is -2.63. The quantitative estimate of drug-likeness (QED) is 0.798. The molecule has 1 unspecified atom stereocenters. The van der Waals surface area contributed by atoms with E-state index in [0.29, 0.717) is 23.9 Å². The largest absolute Gasteiger partial charge is 0.360 e. The van der Waals surface area contributed by atoms with Crippen molar-refractivity contribution in [1.29, 1.82) is 0 Å². The summed E-state index contributed by atoms with van der Waals surface area (Å²) in [6.07, 6.45) is 2.72. The molecule has 26 heavy (non-hydrogen) atoms. The zero-order valence-electron chi connectivity index (χ0n) is 15.4. The van der Waals surface area contributed by atoms with Gasteiger partial charge in [0, 0.05) is 12.5 Å². The molecule has 0 aliphatic heterocycles. The Bertz CT molecular complexity index is 778. The zero-order chi connectivity index (χ0) is 18.7. The molecule has 2 amide bonds. The van der Waals surface area contributed by atoms with Crippen LogP contribution in [-0.2, 0) is 9.59 Å². The number of anilines is 1. The molecule has 0 bridgehead atoms. The predicted octanol–water partition coefficient (Wildman–Crippen LogP) is 3.32. The van der Waals surface area contributed by atoms with Gasteiger partial charge in [0.2, 0.25) is 11.8 Å². The second kappa shape index (κ2) is 7.72. The van der Waals surface area contributed by atoms with Crippen LogP contribution in [0.5, 0.6) is 0 Å².